The lowest BCUT2D eigenvalue weighted by Gasteiger charge is -2.61. The molecule has 5 aliphatic rings. The molecule has 1 aromatic rings. The lowest BCUT2D eigenvalue weighted by Crippen LogP contribution is -2.60. The number of aliphatic hydroxyl groups is 2. The van der Waals surface area contributed by atoms with Crippen LogP contribution >= 0.6 is 0 Å². The van der Waals surface area contributed by atoms with Gasteiger partial charge in [-0.05, 0) is 99.2 Å². The van der Waals surface area contributed by atoms with Crippen LogP contribution in [0.3, 0.4) is 0 Å². The zero-order valence-electron chi connectivity index (χ0n) is 24.5. The van der Waals surface area contributed by atoms with Gasteiger partial charge in [0.05, 0.1) is 24.2 Å². The summed E-state index contributed by atoms with van der Waals surface area (Å²) in [6.45, 7) is 11.5. The van der Waals surface area contributed by atoms with E-state index in [0.29, 0.717) is 5.92 Å². The Hall–Kier alpha value is -2.00. The van der Waals surface area contributed by atoms with E-state index in [2.05, 4.69) is 41.8 Å². The Balaban J connectivity index is 1.14. The number of fused-ring (bicyclic) bond motifs is 5. The molecule has 8 nitrogen and oxygen atoms in total. The molecular weight excluding hydrogens is 506 g/mol. The standard InChI is InChI=1S/C32H47N3O5/c1-22(35-16-14-34(15-17-35)18-19-36)40-33-25-8-11-30(2)24(20-25)5-6-28-27(30)9-12-31(3)26(10-13-32(28,31)38)23-4-7-29(37)39-21-23/h4,7,20-22,26-28,36,38H,5-6,8-19H2,1-3H3/b33-25+/t22?,26-,27+,28-,30+,31-,32+/m1/s1. The van der Waals surface area contributed by atoms with Gasteiger partial charge in [-0.25, -0.2) is 4.79 Å². The van der Waals surface area contributed by atoms with Gasteiger partial charge in [0.25, 0.3) is 0 Å². The predicted octanol–water partition coefficient (Wildman–Crippen LogP) is 4.13. The smallest absolute Gasteiger partial charge is 0.335 e. The highest BCUT2D eigenvalue weighted by atomic mass is 16.6. The topological polar surface area (TPSA) is 98.7 Å². The maximum Gasteiger partial charge on any atom is 0.335 e. The molecule has 40 heavy (non-hydrogen) atoms. The average Bonchev–Trinajstić information content (AvgIpc) is 3.23. The number of oxime groups is 1. The quantitative estimate of drug-likeness (QED) is 0.511. The van der Waals surface area contributed by atoms with Crippen molar-refractivity contribution >= 4 is 5.71 Å². The number of β-amino-alcohol motifs (C(OH)–C–C–N with tert-alkyl or cyclic N) is 1. The van der Waals surface area contributed by atoms with Gasteiger partial charge in [0, 0.05) is 44.2 Å². The molecule has 1 aliphatic heterocycles. The van der Waals surface area contributed by atoms with Gasteiger partial charge in [0.2, 0.25) is 0 Å². The van der Waals surface area contributed by atoms with Crippen molar-refractivity contribution in [2.45, 2.75) is 89.9 Å². The number of rotatable bonds is 6. The van der Waals surface area contributed by atoms with Crippen LogP contribution in [0, 0.1) is 22.7 Å². The van der Waals surface area contributed by atoms with Crippen LogP contribution in [0.15, 0.2) is 44.4 Å². The molecule has 1 saturated heterocycles. The van der Waals surface area contributed by atoms with Crippen molar-refractivity contribution in [1.82, 2.24) is 9.80 Å². The van der Waals surface area contributed by atoms with E-state index < -0.39 is 5.60 Å². The highest BCUT2D eigenvalue weighted by Crippen LogP contribution is 2.69. The van der Waals surface area contributed by atoms with E-state index in [1.54, 1.807) is 6.26 Å². The van der Waals surface area contributed by atoms with Gasteiger partial charge in [-0.3, -0.25) is 9.80 Å². The largest absolute Gasteiger partial charge is 0.431 e. The van der Waals surface area contributed by atoms with E-state index in [4.69, 9.17) is 9.25 Å². The minimum Gasteiger partial charge on any atom is -0.431 e. The monoisotopic (exact) mass is 553 g/mol. The van der Waals surface area contributed by atoms with E-state index in [-0.39, 0.29) is 41.1 Å². The summed E-state index contributed by atoms with van der Waals surface area (Å²) in [5, 5.41) is 26.3. The average molecular weight is 554 g/mol. The highest BCUT2D eigenvalue weighted by Gasteiger charge is 2.66. The maximum atomic E-state index is 12.4. The van der Waals surface area contributed by atoms with E-state index in [1.807, 2.05) is 6.07 Å². The molecule has 0 radical (unpaired) electrons. The van der Waals surface area contributed by atoms with Crippen molar-refractivity contribution in [1.29, 1.82) is 0 Å². The van der Waals surface area contributed by atoms with Crippen LogP contribution in [-0.4, -0.2) is 76.9 Å². The summed E-state index contributed by atoms with van der Waals surface area (Å²) >= 11 is 0. The Labute approximate surface area is 238 Å². The van der Waals surface area contributed by atoms with Crippen LogP contribution in [0.5, 0.6) is 0 Å². The predicted molar refractivity (Wildman–Crippen MR) is 154 cm³/mol. The minimum absolute atomic E-state index is 0.0653. The molecule has 6 rings (SSSR count). The molecule has 0 spiro atoms. The number of piperazine rings is 1. The van der Waals surface area contributed by atoms with Crippen LogP contribution in [0.1, 0.15) is 83.6 Å². The summed E-state index contributed by atoms with van der Waals surface area (Å²) in [5.41, 5.74) is 2.45. The van der Waals surface area contributed by atoms with E-state index in [1.165, 1.54) is 11.6 Å². The molecule has 0 aromatic carbocycles. The summed E-state index contributed by atoms with van der Waals surface area (Å²) in [6.07, 6.45) is 11.7. The summed E-state index contributed by atoms with van der Waals surface area (Å²) in [5.74, 6) is 0.970. The fraction of sp³-hybridized carbons (Fsp3) is 0.750. The SMILES string of the molecule is CC(O/N=C1/C=C2CC[C@@H]3[C@H](CC[C@]4(C)[C@@H](c5ccc(=O)oc5)CC[C@]34O)[C@@]2(C)CC1)N1CCN(CCO)CC1. The molecule has 8 heteroatoms. The van der Waals surface area contributed by atoms with Crippen LogP contribution in [0.4, 0.5) is 0 Å². The van der Waals surface area contributed by atoms with Crippen LogP contribution in [0.2, 0.25) is 0 Å². The van der Waals surface area contributed by atoms with Crippen LogP contribution in [-0.2, 0) is 4.84 Å². The molecule has 2 N–H and O–H groups in total. The first-order valence-corrected chi connectivity index (χ1v) is 15.5. The number of allylic oxidation sites excluding steroid dienone is 2. The maximum absolute atomic E-state index is 12.4. The fourth-order valence-electron chi connectivity index (χ4n) is 9.42. The van der Waals surface area contributed by atoms with Gasteiger partial charge in [-0.1, -0.05) is 24.6 Å². The summed E-state index contributed by atoms with van der Waals surface area (Å²) in [7, 11) is 0. The third kappa shape index (κ3) is 4.59. The highest BCUT2D eigenvalue weighted by molar-refractivity contribution is 5.96. The number of hydrogen-bond acceptors (Lipinski definition) is 8. The van der Waals surface area contributed by atoms with Gasteiger partial charge in [-0.2, -0.15) is 0 Å². The molecule has 0 amide bonds. The zero-order chi connectivity index (χ0) is 28.1. The van der Waals surface area contributed by atoms with E-state index >= 15 is 0 Å². The molecule has 220 valence electrons. The van der Waals surface area contributed by atoms with Crippen molar-refractivity contribution in [2.75, 3.05) is 39.3 Å². The molecule has 4 aliphatic carbocycles. The first-order chi connectivity index (χ1) is 19.2. The molecule has 2 heterocycles. The van der Waals surface area contributed by atoms with E-state index in [0.717, 1.165) is 95.4 Å². The second kappa shape index (κ2) is 10.7. The number of aliphatic hydroxyl groups excluding tert-OH is 1. The summed E-state index contributed by atoms with van der Waals surface area (Å²) in [4.78, 5) is 22.2. The molecular formula is C32H47N3O5. The molecule has 1 aromatic heterocycles. The zero-order valence-corrected chi connectivity index (χ0v) is 24.5. The lowest BCUT2D eigenvalue weighted by molar-refractivity contribution is -0.176. The fourth-order valence-corrected chi connectivity index (χ4v) is 9.42. The first kappa shape index (κ1) is 28.1. The molecule has 4 fully saturated rings. The molecule has 3 saturated carbocycles. The summed E-state index contributed by atoms with van der Waals surface area (Å²) in [6, 6.07) is 3.43. The number of nitrogens with zero attached hydrogens (tertiary/aromatic N) is 3. The second-order valence-electron chi connectivity index (χ2n) is 13.6. The van der Waals surface area contributed by atoms with Crippen molar-refractivity contribution in [3.63, 3.8) is 0 Å². The van der Waals surface area contributed by atoms with Crippen molar-refractivity contribution < 1.29 is 19.5 Å². The third-order valence-electron chi connectivity index (χ3n) is 11.9. The van der Waals surface area contributed by atoms with Gasteiger partial charge in [-0.15, -0.1) is 0 Å². The third-order valence-corrected chi connectivity index (χ3v) is 11.9. The first-order valence-electron chi connectivity index (χ1n) is 15.5. The normalized spacial score (nSPS) is 40.2. The van der Waals surface area contributed by atoms with E-state index in [9.17, 15) is 15.0 Å². The van der Waals surface area contributed by atoms with Gasteiger partial charge < -0.3 is 19.5 Å². The number of hydrogen-bond donors (Lipinski definition) is 2. The van der Waals surface area contributed by atoms with Gasteiger partial charge in [0.1, 0.15) is 0 Å². The molecule has 0 bridgehead atoms. The van der Waals surface area contributed by atoms with Crippen LogP contribution in [0.25, 0.3) is 0 Å². The molecule has 1 unspecified atom stereocenters. The van der Waals surface area contributed by atoms with Crippen molar-refractivity contribution in [3.8, 4) is 0 Å². The Morgan fingerprint density at radius 1 is 1.07 bits per heavy atom. The summed E-state index contributed by atoms with van der Waals surface area (Å²) < 4.78 is 5.23. The van der Waals surface area contributed by atoms with Crippen LogP contribution < -0.4 is 5.63 Å². The Bertz CT molecular complexity index is 1180. The Morgan fingerprint density at radius 3 is 2.60 bits per heavy atom. The van der Waals surface area contributed by atoms with Gasteiger partial charge in [0.15, 0.2) is 6.23 Å². The van der Waals surface area contributed by atoms with Crippen molar-refractivity contribution in [2.24, 2.45) is 27.8 Å². The van der Waals surface area contributed by atoms with Crippen molar-refractivity contribution in [3.05, 3.63) is 46.0 Å². The minimum atomic E-state index is -0.695. The molecule has 7 atom stereocenters. The van der Waals surface area contributed by atoms with Gasteiger partial charge >= 0.3 is 5.63 Å². The Morgan fingerprint density at radius 2 is 1.88 bits per heavy atom. The Kier molecular flexibility index (Phi) is 7.51. The second-order valence-corrected chi connectivity index (χ2v) is 13.6. The lowest BCUT2D eigenvalue weighted by atomic mass is 9.45.